The predicted octanol–water partition coefficient (Wildman–Crippen LogP) is 1.02. The molecule has 0 amide bonds. The highest BCUT2D eigenvalue weighted by Crippen LogP contribution is 2.12. The van der Waals surface area contributed by atoms with Crippen molar-refractivity contribution in [1.82, 2.24) is 4.72 Å². The van der Waals surface area contributed by atoms with E-state index in [-0.39, 0.29) is 15.9 Å². The second kappa shape index (κ2) is 6.95. The van der Waals surface area contributed by atoms with Crippen LogP contribution >= 0.6 is 12.2 Å². The molecule has 1 rings (SSSR count). The van der Waals surface area contributed by atoms with Crippen molar-refractivity contribution in [1.29, 1.82) is 0 Å². The molecule has 1 atom stereocenters. The Labute approximate surface area is 119 Å². The Morgan fingerprint density at radius 1 is 1.53 bits per heavy atom. The maximum atomic E-state index is 12.1. The lowest BCUT2D eigenvalue weighted by molar-refractivity contribution is 0.133. The van der Waals surface area contributed by atoms with Crippen molar-refractivity contribution >= 4 is 27.2 Å². The first-order valence-electron chi connectivity index (χ1n) is 5.86. The van der Waals surface area contributed by atoms with Crippen LogP contribution in [0.2, 0.25) is 0 Å². The lowest BCUT2D eigenvalue weighted by Crippen LogP contribution is -2.36. The number of hydrogen-bond donors (Lipinski definition) is 2. The minimum absolute atomic E-state index is 0.140. The van der Waals surface area contributed by atoms with Crippen molar-refractivity contribution in [3.8, 4) is 0 Å². The molecule has 0 saturated carbocycles. The van der Waals surface area contributed by atoms with Crippen molar-refractivity contribution in [3.05, 3.63) is 29.8 Å². The van der Waals surface area contributed by atoms with E-state index >= 15 is 0 Å². The van der Waals surface area contributed by atoms with E-state index in [1.807, 2.05) is 6.92 Å². The number of nitrogens with two attached hydrogens (primary N) is 1. The molecule has 0 aliphatic rings. The monoisotopic (exact) mass is 302 g/mol. The minimum atomic E-state index is -3.59. The molecule has 0 bridgehead atoms. The molecule has 0 heterocycles. The molecule has 0 saturated heterocycles. The fourth-order valence-electron chi connectivity index (χ4n) is 1.48. The van der Waals surface area contributed by atoms with Crippen LogP contribution in [-0.2, 0) is 14.8 Å². The van der Waals surface area contributed by atoms with Gasteiger partial charge in [0, 0.05) is 18.2 Å². The molecule has 106 valence electrons. The van der Waals surface area contributed by atoms with Crippen LogP contribution in [0.4, 0.5) is 0 Å². The lowest BCUT2D eigenvalue weighted by Gasteiger charge is -2.14. The molecule has 0 spiro atoms. The highest BCUT2D eigenvalue weighted by Gasteiger charge is 2.17. The topological polar surface area (TPSA) is 81.4 Å². The van der Waals surface area contributed by atoms with Gasteiger partial charge < -0.3 is 10.5 Å². The van der Waals surface area contributed by atoms with Crippen LogP contribution in [0, 0.1) is 0 Å². The van der Waals surface area contributed by atoms with Gasteiger partial charge in [0.25, 0.3) is 0 Å². The number of rotatable bonds is 7. The maximum Gasteiger partial charge on any atom is 0.240 e. The number of sulfonamides is 1. The average Bonchev–Trinajstić information content (AvgIpc) is 2.36. The SMILES string of the molecule is CCOCC(C)NS(=O)(=O)c1cccc(C(N)=S)c1. The van der Waals surface area contributed by atoms with E-state index in [1.165, 1.54) is 12.1 Å². The Morgan fingerprint density at radius 3 is 2.79 bits per heavy atom. The summed E-state index contributed by atoms with van der Waals surface area (Å²) in [7, 11) is -3.59. The second-order valence-electron chi connectivity index (χ2n) is 4.07. The molecule has 7 heteroatoms. The van der Waals surface area contributed by atoms with Crippen molar-refractivity contribution < 1.29 is 13.2 Å². The van der Waals surface area contributed by atoms with E-state index in [9.17, 15) is 8.42 Å². The first kappa shape index (κ1) is 16.0. The van der Waals surface area contributed by atoms with Gasteiger partial charge in [-0.3, -0.25) is 0 Å². The van der Waals surface area contributed by atoms with E-state index in [1.54, 1.807) is 19.1 Å². The third-order valence-corrected chi connectivity index (χ3v) is 4.18. The van der Waals surface area contributed by atoms with Crippen LogP contribution in [0.25, 0.3) is 0 Å². The summed E-state index contributed by atoms with van der Waals surface area (Å²) in [6, 6.07) is 5.93. The van der Waals surface area contributed by atoms with Crippen molar-refractivity contribution in [3.63, 3.8) is 0 Å². The van der Waals surface area contributed by atoms with Gasteiger partial charge >= 0.3 is 0 Å². The van der Waals surface area contributed by atoms with Gasteiger partial charge in [0.2, 0.25) is 10.0 Å². The van der Waals surface area contributed by atoms with E-state index in [0.717, 1.165) is 0 Å². The summed E-state index contributed by atoms with van der Waals surface area (Å²) in [5, 5.41) is 0. The minimum Gasteiger partial charge on any atom is -0.389 e. The van der Waals surface area contributed by atoms with E-state index in [2.05, 4.69) is 4.72 Å². The summed E-state index contributed by atoms with van der Waals surface area (Å²) in [5.74, 6) is 0. The van der Waals surface area contributed by atoms with Crippen LogP contribution in [0.5, 0.6) is 0 Å². The normalized spacial score (nSPS) is 13.2. The summed E-state index contributed by atoms with van der Waals surface area (Å²) in [4.78, 5) is 0.306. The van der Waals surface area contributed by atoms with Crippen LogP contribution < -0.4 is 10.5 Å². The Kier molecular flexibility index (Phi) is 5.86. The molecule has 0 aromatic heterocycles. The standard InChI is InChI=1S/C12H18N2O3S2/c1-3-17-8-9(2)14-19(15,16)11-6-4-5-10(7-11)12(13)18/h4-7,9,14H,3,8H2,1-2H3,(H2,13,18). The van der Waals surface area contributed by atoms with Crippen LogP contribution in [0.3, 0.4) is 0 Å². The molecular formula is C12H18N2O3S2. The molecule has 3 N–H and O–H groups in total. The molecule has 1 unspecified atom stereocenters. The third-order valence-electron chi connectivity index (χ3n) is 2.36. The Balaban J connectivity index is 2.88. The number of ether oxygens (including phenoxy) is 1. The van der Waals surface area contributed by atoms with Crippen LogP contribution in [0.1, 0.15) is 19.4 Å². The summed E-state index contributed by atoms with van der Waals surface area (Å²) >= 11 is 4.83. The fourth-order valence-corrected chi connectivity index (χ4v) is 2.88. The van der Waals surface area contributed by atoms with Crippen molar-refractivity contribution in [2.75, 3.05) is 13.2 Å². The largest absolute Gasteiger partial charge is 0.389 e. The van der Waals surface area contributed by atoms with E-state index in [4.69, 9.17) is 22.7 Å². The van der Waals surface area contributed by atoms with Crippen LogP contribution in [0.15, 0.2) is 29.2 Å². The highest BCUT2D eigenvalue weighted by molar-refractivity contribution is 7.89. The fraction of sp³-hybridized carbons (Fsp3) is 0.417. The lowest BCUT2D eigenvalue weighted by atomic mass is 10.2. The van der Waals surface area contributed by atoms with Gasteiger partial charge in [-0.25, -0.2) is 13.1 Å². The smallest absolute Gasteiger partial charge is 0.240 e. The van der Waals surface area contributed by atoms with Crippen LogP contribution in [-0.4, -0.2) is 32.7 Å². The maximum absolute atomic E-state index is 12.1. The molecule has 19 heavy (non-hydrogen) atoms. The zero-order chi connectivity index (χ0) is 14.5. The molecular weight excluding hydrogens is 284 g/mol. The van der Waals surface area contributed by atoms with Gasteiger partial charge in [-0.1, -0.05) is 24.4 Å². The van der Waals surface area contributed by atoms with Gasteiger partial charge in [0.1, 0.15) is 4.99 Å². The molecule has 0 radical (unpaired) electrons. The number of hydrogen-bond acceptors (Lipinski definition) is 4. The third kappa shape index (κ3) is 4.87. The average molecular weight is 302 g/mol. The van der Waals surface area contributed by atoms with Gasteiger partial charge in [0.15, 0.2) is 0 Å². The Hall–Kier alpha value is -1.02. The van der Waals surface area contributed by atoms with Gasteiger partial charge in [0.05, 0.1) is 11.5 Å². The zero-order valence-electron chi connectivity index (χ0n) is 10.9. The Morgan fingerprint density at radius 2 is 2.21 bits per heavy atom. The van der Waals surface area contributed by atoms with Gasteiger partial charge in [-0.15, -0.1) is 0 Å². The quantitative estimate of drug-likeness (QED) is 0.735. The molecule has 1 aromatic rings. The number of nitrogens with one attached hydrogen (secondary N) is 1. The summed E-state index contributed by atoms with van der Waals surface area (Å²) in [6.45, 7) is 4.46. The molecule has 1 aromatic carbocycles. The van der Waals surface area contributed by atoms with Crippen molar-refractivity contribution in [2.45, 2.75) is 24.8 Å². The first-order chi connectivity index (χ1) is 8.86. The van der Waals surface area contributed by atoms with E-state index < -0.39 is 10.0 Å². The number of benzene rings is 1. The Bertz CT molecular complexity index is 544. The molecule has 0 aliphatic heterocycles. The van der Waals surface area contributed by atoms with Crippen molar-refractivity contribution in [2.24, 2.45) is 5.73 Å². The summed E-state index contributed by atoms with van der Waals surface area (Å²) in [6.07, 6.45) is 0. The van der Waals surface area contributed by atoms with Gasteiger partial charge in [-0.2, -0.15) is 0 Å². The van der Waals surface area contributed by atoms with Gasteiger partial charge in [-0.05, 0) is 26.0 Å². The molecule has 0 aliphatic carbocycles. The molecule has 5 nitrogen and oxygen atoms in total. The second-order valence-corrected chi connectivity index (χ2v) is 6.23. The summed E-state index contributed by atoms with van der Waals surface area (Å²) < 4.78 is 32.0. The first-order valence-corrected chi connectivity index (χ1v) is 7.76. The molecule has 0 fully saturated rings. The van der Waals surface area contributed by atoms with E-state index in [0.29, 0.717) is 18.8 Å². The zero-order valence-corrected chi connectivity index (χ0v) is 12.6. The predicted molar refractivity (Wildman–Crippen MR) is 78.6 cm³/mol. The number of thiocarbonyl (C=S) groups is 1. The summed E-state index contributed by atoms with van der Waals surface area (Å²) in [5.41, 5.74) is 6.01. The highest BCUT2D eigenvalue weighted by atomic mass is 32.2.